The largest absolute Gasteiger partial charge is 0.398 e. The first kappa shape index (κ1) is 14.4. The van der Waals surface area contributed by atoms with Gasteiger partial charge in [-0.05, 0) is 24.6 Å². The second-order valence-corrected chi connectivity index (χ2v) is 7.60. The van der Waals surface area contributed by atoms with Crippen molar-refractivity contribution < 1.29 is 0 Å². The van der Waals surface area contributed by atoms with Crippen LogP contribution >= 0.6 is 23.1 Å². The lowest BCUT2D eigenvalue weighted by atomic mass is 9.93. The summed E-state index contributed by atoms with van der Waals surface area (Å²) in [7, 11) is 0. The Kier molecular flexibility index (Phi) is 4.21. The van der Waals surface area contributed by atoms with Crippen molar-refractivity contribution >= 4 is 28.8 Å². The molecule has 0 amide bonds. The monoisotopic (exact) mass is 292 g/mol. The summed E-state index contributed by atoms with van der Waals surface area (Å²) in [5.41, 5.74) is 9.26. The van der Waals surface area contributed by atoms with Crippen LogP contribution in [0.15, 0.2) is 28.5 Å². The minimum atomic E-state index is 0.131. The Morgan fingerprint density at radius 3 is 2.68 bits per heavy atom. The van der Waals surface area contributed by atoms with Gasteiger partial charge in [0.15, 0.2) is 0 Å². The van der Waals surface area contributed by atoms with Gasteiger partial charge in [-0.15, -0.1) is 23.1 Å². The Morgan fingerprint density at radius 1 is 1.32 bits per heavy atom. The number of anilines is 1. The van der Waals surface area contributed by atoms with Crippen LogP contribution in [0, 0.1) is 6.92 Å². The quantitative estimate of drug-likeness (QED) is 0.662. The summed E-state index contributed by atoms with van der Waals surface area (Å²) in [6.07, 6.45) is 0. The highest BCUT2D eigenvalue weighted by atomic mass is 32.2. The zero-order chi connectivity index (χ0) is 14.0. The van der Waals surface area contributed by atoms with E-state index >= 15 is 0 Å². The highest BCUT2D eigenvalue weighted by molar-refractivity contribution is 7.98. The molecule has 1 aromatic heterocycles. The van der Waals surface area contributed by atoms with Gasteiger partial charge in [0.2, 0.25) is 0 Å². The molecule has 0 atom stereocenters. The first-order valence-corrected chi connectivity index (χ1v) is 8.17. The molecule has 0 saturated heterocycles. The molecule has 0 radical (unpaired) electrons. The van der Waals surface area contributed by atoms with Crippen LogP contribution in [0.1, 0.15) is 37.0 Å². The number of nitrogen functional groups attached to an aromatic ring is 1. The van der Waals surface area contributed by atoms with E-state index in [4.69, 9.17) is 10.7 Å². The highest BCUT2D eigenvalue weighted by Crippen LogP contribution is 2.31. The number of hydrogen-bond acceptors (Lipinski definition) is 4. The summed E-state index contributed by atoms with van der Waals surface area (Å²) in [4.78, 5) is 5.96. The van der Waals surface area contributed by atoms with Crippen LogP contribution in [0.25, 0.3) is 0 Å². The standard InChI is InChI=1S/C15H20N2S2/c1-10-11(16)6-5-7-12(10)18-9-14-17-13(8-19-14)15(2,3)4/h5-8H,9,16H2,1-4H3. The van der Waals surface area contributed by atoms with Crippen molar-refractivity contribution in [2.45, 2.75) is 43.8 Å². The summed E-state index contributed by atoms with van der Waals surface area (Å²) >= 11 is 3.55. The Morgan fingerprint density at radius 2 is 2.05 bits per heavy atom. The fourth-order valence-corrected chi connectivity index (χ4v) is 3.76. The van der Waals surface area contributed by atoms with Crippen LogP contribution in [-0.2, 0) is 11.2 Å². The molecule has 2 nitrogen and oxygen atoms in total. The summed E-state index contributed by atoms with van der Waals surface area (Å²) in [6, 6.07) is 6.07. The topological polar surface area (TPSA) is 38.9 Å². The SMILES string of the molecule is Cc1c(N)cccc1SCc1nc(C(C)(C)C)cs1. The number of hydrogen-bond donors (Lipinski definition) is 1. The van der Waals surface area contributed by atoms with Gasteiger partial charge < -0.3 is 5.73 Å². The Labute approximate surface area is 123 Å². The van der Waals surface area contributed by atoms with Crippen molar-refractivity contribution in [3.05, 3.63) is 39.8 Å². The first-order chi connectivity index (χ1) is 8.88. The van der Waals surface area contributed by atoms with Gasteiger partial charge >= 0.3 is 0 Å². The van der Waals surface area contributed by atoms with Gasteiger partial charge in [-0.2, -0.15) is 0 Å². The van der Waals surface area contributed by atoms with E-state index in [0.29, 0.717) is 0 Å². The predicted octanol–water partition coefficient (Wildman–Crippen LogP) is 4.62. The normalized spacial score (nSPS) is 11.8. The molecule has 1 heterocycles. The maximum Gasteiger partial charge on any atom is 0.103 e. The van der Waals surface area contributed by atoms with E-state index in [1.807, 2.05) is 12.1 Å². The van der Waals surface area contributed by atoms with Gasteiger partial charge in [-0.1, -0.05) is 26.8 Å². The number of thioether (sulfide) groups is 1. The van der Waals surface area contributed by atoms with Gasteiger partial charge in [-0.25, -0.2) is 4.98 Å². The third-order valence-corrected chi connectivity index (χ3v) is 5.20. The molecule has 0 aliphatic rings. The zero-order valence-corrected chi connectivity index (χ0v) is 13.5. The van der Waals surface area contributed by atoms with Gasteiger partial charge in [0.1, 0.15) is 5.01 Å². The molecule has 0 fully saturated rings. The molecule has 0 saturated carbocycles. The second-order valence-electron chi connectivity index (χ2n) is 5.64. The van der Waals surface area contributed by atoms with Crippen molar-refractivity contribution in [2.75, 3.05) is 5.73 Å². The predicted molar refractivity (Wildman–Crippen MR) is 86.0 cm³/mol. The third-order valence-electron chi connectivity index (χ3n) is 3.00. The van der Waals surface area contributed by atoms with Crippen molar-refractivity contribution in [1.29, 1.82) is 0 Å². The van der Waals surface area contributed by atoms with Crippen LogP contribution in [0.2, 0.25) is 0 Å². The number of aromatic nitrogens is 1. The summed E-state index contributed by atoms with van der Waals surface area (Å²) in [6.45, 7) is 8.66. The molecule has 0 bridgehead atoms. The Bertz CT molecular complexity index is 568. The zero-order valence-electron chi connectivity index (χ0n) is 11.9. The van der Waals surface area contributed by atoms with Crippen LogP contribution < -0.4 is 5.73 Å². The van der Waals surface area contributed by atoms with Crippen LogP contribution in [0.5, 0.6) is 0 Å². The van der Waals surface area contributed by atoms with Crippen molar-refractivity contribution in [3.63, 3.8) is 0 Å². The van der Waals surface area contributed by atoms with Crippen LogP contribution in [0.4, 0.5) is 5.69 Å². The molecule has 2 aromatic rings. The van der Waals surface area contributed by atoms with Gasteiger partial charge in [0, 0.05) is 21.4 Å². The number of nitrogens with zero attached hydrogens (tertiary/aromatic N) is 1. The van der Waals surface area contributed by atoms with E-state index in [0.717, 1.165) is 11.4 Å². The Balaban J connectivity index is 2.07. The Hall–Kier alpha value is -1.00. The molecule has 102 valence electrons. The lowest BCUT2D eigenvalue weighted by molar-refractivity contribution is 0.572. The molecule has 0 unspecified atom stereocenters. The van der Waals surface area contributed by atoms with Crippen molar-refractivity contribution in [2.24, 2.45) is 0 Å². The number of nitrogens with two attached hydrogens (primary N) is 1. The van der Waals surface area contributed by atoms with Crippen molar-refractivity contribution in [1.82, 2.24) is 4.98 Å². The van der Waals surface area contributed by atoms with E-state index in [1.165, 1.54) is 21.2 Å². The minimum absolute atomic E-state index is 0.131. The number of benzene rings is 1. The van der Waals surface area contributed by atoms with E-state index in [-0.39, 0.29) is 5.41 Å². The molecule has 2 N–H and O–H groups in total. The van der Waals surface area contributed by atoms with Gasteiger partial charge in [-0.3, -0.25) is 0 Å². The molecular formula is C15H20N2S2. The molecule has 19 heavy (non-hydrogen) atoms. The van der Waals surface area contributed by atoms with Crippen LogP contribution in [-0.4, -0.2) is 4.98 Å². The van der Waals surface area contributed by atoms with Crippen LogP contribution in [0.3, 0.4) is 0 Å². The minimum Gasteiger partial charge on any atom is -0.398 e. The lowest BCUT2D eigenvalue weighted by Crippen LogP contribution is -2.11. The number of thiazole rings is 1. The number of rotatable bonds is 3. The van der Waals surface area contributed by atoms with E-state index in [9.17, 15) is 0 Å². The molecule has 0 spiro atoms. The summed E-state index contributed by atoms with van der Waals surface area (Å²) < 4.78 is 0. The maximum absolute atomic E-state index is 5.92. The average molecular weight is 292 g/mol. The van der Waals surface area contributed by atoms with E-state index < -0.39 is 0 Å². The first-order valence-electron chi connectivity index (χ1n) is 6.30. The van der Waals surface area contributed by atoms with Gasteiger partial charge in [0.05, 0.1) is 11.4 Å². The molecular weight excluding hydrogens is 272 g/mol. The second kappa shape index (κ2) is 5.55. The molecule has 1 aromatic carbocycles. The molecule has 2 rings (SSSR count). The third kappa shape index (κ3) is 3.51. The molecule has 4 heteroatoms. The summed E-state index contributed by atoms with van der Waals surface area (Å²) in [5.74, 6) is 0.908. The molecule has 0 aliphatic carbocycles. The summed E-state index contributed by atoms with van der Waals surface area (Å²) in [5, 5.41) is 3.35. The smallest absolute Gasteiger partial charge is 0.103 e. The lowest BCUT2D eigenvalue weighted by Gasteiger charge is -2.14. The maximum atomic E-state index is 5.92. The van der Waals surface area contributed by atoms with E-state index in [2.05, 4.69) is 39.1 Å². The fraction of sp³-hybridized carbons (Fsp3) is 0.400. The van der Waals surface area contributed by atoms with E-state index in [1.54, 1.807) is 23.1 Å². The average Bonchev–Trinajstić information content (AvgIpc) is 2.79. The van der Waals surface area contributed by atoms with Gasteiger partial charge in [0.25, 0.3) is 0 Å². The molecule has 0 aliphatic heterocycles. The highest BCUT2D eigenvalue weighted by Gasteiger charge is 2.17. The fourth-order valence-electron chi connectivity index (χ4n) is 1.65. The van der Waals surface area contributed by atoms with Crippen molar-refractivity contribution in [3.8, 4) is 0 Å².